The van der Waals surface area contributed by atoms with Gasteiger partial charge in [0.15, 0.2) is 22.8 Å². The Labute approximate surface area is 212 Å². The minimum atomic E-state index is -0.438. The predicted octanol–water partition coefficient (Wildman–Crippen LogP) is 3.18. The molecule has 1 fully saturated rings. The van der Waals surface area contributed by atoms with Crippen molar-refractivity contribution in [3.8, 4) is 11.4 Å². The van der Waals surface area contributed by atoms with E-state index in [9.17, 15) is 9.59 Å². The average molecular weight is 503 g/mol. The lowest BCUT2D eigenvalue weighted by Gasteiger charge is -2.27. The lowest BCUT2D eigenvalue weighted by Crippen LogP contribution is -2.37. The molecule has 0 unspecified atom stereocenters. The monoisotopic (exact) mass is 502 g/mol. The molecular weight excluding hydrogens is 476 g/mol. The van der Waals surface area contributed by atoms with Crippen LogP contribution in [-0.4, -0.2) is 70.4 Å². The molecule has 12 heteroatoms. The number of morpholine rings is 1. The van der Waals surface area contributed by atoms with Crippen molar-refractivity contribution >= 4 is 40.4 Å². The van der Waals surface area contributed by atoms with Gasteiger partial charge < -0.3 is 25.0 Å². The second kappa shape index (κ2) is 10.6. The van der Waals surface area contributed by atoms with Crippen molar-refractivity contribution < 1.29 is 19.1 Å². The Bertz CT molecular complexity index is 1410. The highest BCUT2D eigenvalue weighted by atomic mass is 16.5. The van der Waals surface area contributed by atoms with E-state index >= 15 is 0 Å². The third kappa shape index (κ3) is 5.19. The lowest BCUT2D eigenvalue weighted by atomic mass is 10.2. The van der Waals surface area contributed by atoms with Gasteiger partial charge in [-0.25, -0.2) is 24.2 Å². The zero-order valence-corrected chi connectivity index (χ0v) is 20.5. The lowest BCUT2D eigenvalue weighted by molar-refractivity contribution is 0.0600. The summed E-state index contributed by atoms with van der Waals surface area (Å²) < 4.78 is 11.9. The fraction of sp³-hybridized carbons (Fsp3) is 0.280. The molecule has 1 aliphatic rings. The van der Waals surface area contributed by atoms with Crippen LogP contribution in [0.2, 0.25) is 0 Å². The first-order valence-corrected chi connectivity index (χ1v) is 11.9. The zero-order valence-electron chi connectivity index (χ0n) is 20.5. The van der Waals surface area contributed by atoms with Gasteiger partial charge >= 0.3 is 12.0 Å². The number of ether oxygens (including phenoxy) is 2. The Kier molecular flexibility index (Phi) is 6.90. The van der Waals surface area contributed by atoms with Crippen molar-refractivity contribution in [1.82, 2.24) is 25.0 Å². The Hall–Kier alpha value is -4.58. The van der Waals surface area contributed by atoms with Crippen LogP contribution in [0.4, 0.5) is 22.0 Å². The summed E-state index contributed by atoms with van der Waals surface area (Å²) in [6.45, 7) is 5.31. The molecule has 1 saturated heterocycles. The molecule has 0 atom stereocenters. The SMILES string of the molecule is CCn1nnc2c(N3CCOCC3)nc(-c3ccc(NC(=O)Nc4ccc(C(=O)OC)cc4)cc3)nc21. The molecule has 0 spiro atoms. The molecule has 3 heterocycles. The Morgan fingerprint density at radius 2 is 1.62 bits per heavy atom. The maximum Gasteiger partial charge on any atom is 0.337 e. The maximum absolute atomic E-state index is 12.4. The summed E-state index contributed by atoms with van der Waals surface area (Å²) in [5, 5.41) is 14.1. The Morgan fingerprint density at radius 3 is 2.24 bits per heavy atom. The van der Waals surface area contributed by atoms with Crippen LogP contribution in [0.1, 0.15) is 17.3 Å². The van der Waals surface area contributed by atoms with E-state index < -0.39 is 12.0 Å². The number of aromatic nitrogens is 5. The number of carbonyl (C=O) groups excluding carboxylic acids is 2. The van der Waals surface area contributed by atoms with Crippen molar-refractivity contribution in [3.05, 3.63) is 54.1 Å². The highest BCUT2D eigenvalue weighted by Crippen LogP contribution is 2.27. The fourth-order valence-electron chi connectivity index (χ4n) is 3.98. The van der Waals surface area contributed by atoms with Crippen molar-refractivity contribution in [2.45, 2.75) is 13.5 Å². The minimum Gasteiger partial charge on any atom is -0.465 e. The standard InChI is InChI=1S/C25H26N8O4/c1-3-33-23-20(30-31-33)22(32-12-14-37-15-13-32)28-21(29-23)16-4-8-18(9-5-16)26-25(35)27-19-10-6-17(7-11-19)24(34)36-2/h4-11H,3,12-15H2,1-2H3,(H2,26,27,35). The molecule has 2 N–H and O–H groups in total. The van der Waals surface area contributed by atoms with Gasteiger partial charge in [0.2, 0.25) is 0 Å². The molecule has 2 aromatic heterocycles. The van der Waals surface area contributed by atoms with Crippen LogP contribution in [0.5, 0.6) is 0 Å². The fourth-order valence-corrected chi connectivity index (χ4v) is 3.98. The number of methoxy groups -OCH3 is 1. The van der Waals surface area contributed by atoms with Gasteiger partial charge in [0.25, 0.3) is 0 Å². The van der Waals surface area contributed by atoms with Crippen LogP contribution in [0.25, 0.3) is 22.6 Å². The summed E-state index contributed by atoms with van der Waals surface area (Å²) >= 11 is 0. The molecule has 2 aromatic carbocycles. The third-order valence-electron chi connectivity index (χ3n) is 5.92. The highest BCUT2D eigenvalue weighted by molar-refractivity contribution is 6.00. The molecule has 2 amide bonds. The number of hydrogen-bond donors (Lipinski definition) is 2. The topological polar surface area (TPSA) is 136 Å². The number of anilines is 3. The van der Waals surface area contributed by atoms with Crippen LogP contribution < -0.4 is 15.5 Å². The number of urea groups is 1. The van der Waals surface area contributed by atoms with Crippen LogP contribution in [0.3, 0.4) is 0 Å². The summed E-state index contributed by atoms with van der Waals surface area (Å²) in [4.78, 5) is 35.7. The van der Waals surface area contributed by atoms with E-state index in [-0.39, 0.29) is 0 Å². The first kappa shape index (κ1) is 24.1. The number of benzene rings is 2. The van der Waals surface area contributed by atoms with Crippen molar-refractivity contribution in [1.29, 1.82) is 0 Å². The van der Waals surface area contributed by atoms with Gasteiger partial charge in [-0.3, -0.25) is 0 Å². The number of carbonyl (C=O) groups is 2. The van der Waals surface area contributed by atoms with Gasteiger partial charge in [0.1, 0.15) is 0 Å². The smallest absolute Gasteiger partial charge is 0.337 e. The largest absolute Gasteiger partial charge is 0.465 e. The summed E-state index contributed by atoms with van der Waals surface area (Å²) in [6.07, 6.45) is 0. The van der Waals surface area contributed by atoms with Crippen molar-refractivity contribution in [3.63, 3.8) is 0 Å². The number of esters is 1. The summed E-state index contributed by atoms with van der Waals surface area (Å²) in [6, 6.07) is 13.3. The van der Waals surface area contributed by atoms with Gasteiger partial charge in [-0.05, 0) is 55.5 Å². The van der Waals surface area contributed by atoms with Gasteiger partial charge in [-0.15, -0.1) is 5.10 Å². The maximum atomic E-state index is 12.4. The van der Waals surface area contributed by atoms with E-state index in [2.05, 4.69) is 30.6 Å². The molecular formula is C25H26N8O4. The first-order chi connectivity index (χ1) is 18.1. The Morgan fingerprint density at radius 1 is 0.973 bits per heavy atom. The normalized spacial score (nSPS) is 13.4. The quantitative estimate of drug-likeness (QED) is 0.381. The number of nitrogens with one attached hydrogen (secondary N) is 2. The molecule has 4 aromatic rings. The number of nitrogens with zero attached hydrogens (tertiary/aromatic N) is 6. The Balaban J connectivity index is 1.33. The molecule has 190 valence electrons. The second-order valence-corrected chi connectivity index (χ2v) is 8.27. The summed E-state index contributed by atoms with van der Waals surface area (Å²) in [7, 11) is 1.32. The van der Waals surface area contributed by atoms with Crippen LogP contribution >= 0.6 is 0 Å². The predicted molar refractivity (Wildman–Crippen MR) is 138 cm³/mol. The molecule has 1 aliphatic heterocycles. The number of hydrogen-bond acceptors (Lipinski definition) is 9. The number of rotatable bonds is 6. The van der Waals surface area contributed by atoms with E-state index in [4.69, 9.17) is 14.7 Å². The van der Waals surface area contributed by atoms with Crippen LogP contribution in [0, 0.1) is 0 Å². The molecule has 0 aliphatic carbocycles. The van der Waals surface area contributed by atoms with Gasteiger partial charge in [-0.2, -0.15) is 0 Å². The number of fused-ring (bicyclic) bond motifs is 1. The van der Waals surface area contributed by atoms with Crippen molar-refractivity contribution in [2.24, 2.45) is 0 Å². The summed E-state index contributed by atoms with van der Waals surface area (Å²) in [5.41, 5.74) is 3.68. The van der Waals surface area contributed by atoms with Crippen LogP contribution in [0.15, 0.2) is 48.5 Å². The molecule has 0 radical (unpaired) electrons. The second-order valence-electron chi connectivity index (χ2n) is 8.27. The van der Waals surface area contributed by atoms with Gasteiger partial charge in [0, 0.05) is 36.6 Å². The summed E-state index contributed by atoms with van der Waals surface area (Å²) in [5.74, 6) is 0.849. The van der Waals surface area contributed by atoms with Crippen molar-refractivity contribution in [2.75, 3.05) is 48.9 Å². The van der Waals surface area contributed by atoms with E-state index in [1.54, 1.807) is 41.1 Å². The molecule has 5 rings (SSSR count). The van der Waals surface area contributed by atoms with E-state index in [0.29, 0.717) is 66.8 Å². The van der Waals surface area contributed by atoms with E-state index in [0.717, 1.165) is 11.4 Å². The third-order valence-corrected chi connectivity index (χ3v) is 5.92. The number of aryl methyl sites for hydroxylation is 1. The van der Waals surface area contributed by atoms with Gasteiger partial charge in [0.05, 0.1) is 25.9 Å². The molecule has 37 heavy (non-hydrogen) atoms. The molecule has 12 nitrogen and oxygen atoms in total. The highest BCUT2D eigenvalue weighted by Gasteiger charge is 2.21. The van der Waals surface area contributed by atoms with E-state index in [1.807, 2.05) is 19.1 Å². The minimum absolute atomic E-state index is 0.402. The number of amides is 2. The molecule has 0 saturated carbocycles. The van der Waals surface area contributed by atoms with Gasteiger partial charge in [-0.1, -0.05) is 5.21 Å². The first-order valence-electron chi connectivity index (χ1n) is 11.9. The molecule has 0 bridgehead atoms. The average Bonchev–Trinajstić information content (AvgIpc) is 3.36. The van der Waals surface area contributed by atoms with E-state index in [1.165, 1.54) is 7.11 Å². The zero-order chi connectivity index (χ0) is 25.8. The van der Waals surface area contributed by atoms with Crippen LogP contribution in [-0.2, 0) is 16.0 Å².